The van der Waals surface area contributed by atoms with Crippen LogP contribution in [-0.4, -0.2) is 41.6 Å². The van der Waals surface area contributed by atoms with Crippen LogP contribution in [0.1, 0.15) is 187 Å². The lowest BCUT2D eigenvalue weighted by molar-refractivity contribution is -0.147. The minimum Gasteiger partial charge on any atom is -0.480 e. The van der Waals surface area contributed by atoms with Gasteiger partial charge in [0.05, 0.1) is 0 Å². The number of carboxylic acid groups (broad SMARTS) is 1. The van der Waals surface area contributed by atoms with Gasteiger partial charge in [-0.15, -0.1) is 0 Å². The molecule has 0 saturated carbocycles. The Balaban J connectivity index is 4.46. The molecule has 0 radical (unpaired) electrons. The third kappa shape index (κ3) is 32.2. The van der Waals surface area contributed by atoms with Crippen molar-refractivity contribution in [2.45, 2.75) is 199 Å². The van der Waals surface area contributed by atoms with E-state index in [2.05, 4.69) is 55.6 Å². The molecule has 0 bridgehead atoms. The maximum absolute atomic E-state index is 12.7. The molecule has 0 aliphatic rings. The number of ether oxygens (including phenoxy) is 1. The number of hydrogen-bond donors (Lipinski definition) is 3. The summed E-state index contributed by atoms with van der Waals surface area (Å²) < 4.78 is 5.91. The van der Waals surface area contributed by atoms with Crippen LogP contribution in [-0.2, 0) is 19.1 Å². The Bertz CT molecular complexity index is 854. The van der Waals surface area contributed by atoms with Crippen LogP contribution in [0.2, 0.25) is 0 Å². The molecule has 0 fully saturated rings. The normalized spacial score (nSPS) is 13.1. The van der Waals surface area contributed by atoms with E-state index in [9.17, 15) is 19.5 Å². The van der Waals surface area contributed by atoms with Gasteiger partial charge in [0.25, 0.3) is 0 Å². The number of unbranched alkanes of at least 4 members (excludes halogenated alkanes) is 17. The van der Waals surface area contributed by atoms with Gasteiger partial charge in [-0.3, -0.25) is 9.59 Å². The number of amides is 1. The van der Waals surface area contributed by atoms with Crippen LogP contribution in [0, 0.1) is 0 Å². The van der Waals surface area contributed by atoms with Crippen molar-refractivity contribution >= 4 is 17.8 Å². The molecular weight excluding hydrogens is 600 g/mol. The minimum atomic E-state index is -1.01. The highest BCUT2D eigenvalue weighted by Gasteiger charge is 2.18. The van der Waals surface area contributed by atoms with Gasteiger partial charge in [-0.1, -0.05) is 141 Å². The Hall–Kier alpha value is -2.41. The standard InChI is InChI=1S/C41H74N2O5/c1-3-5-7-9-11-13-15-17-19-22-26-31-37(48-40(45)35-29-25-20-18-16-14-12-10-8-6-4-2)32-27-23-21-24-28-34-39(44)43-38(41(46)47)33-30-36-42/h11,13,17,19,26,31,37-38H,3-10,12,14-16,18,20-25,27-30,32-36,42H2,1-2H3,(H,43,44)(H,46,47)/b13-11-,19-17-,31-26-. The average Bonchev–Trinajstić information content (AvgIpc) is 3.07. The zero-order valence-corrected chi connectivity index (χ0v) is 31.1. The summed E-state index contributed by atoms with van der Waals surface area (Å²) in [6.45, 7) is 4.89. The monoisotopic (exact) mass is 675 g/mol. The topological polar surface area (TPSA) is 119 Å². The summed E-state index contributed by atoms with van der Waals surface area (Å²) in [7, 11) is 0. The number of carbonyl (C=O) groups excluding carboxylic acids is 2. The van der Waals surface area contributed by atoms with Crippen LogP contribution >= 0.6 is 0 Å². The molecule has 278 valence electrons. The second kappa shape index (κ2) is 35.9. The molecule has 7 nitrogen and oxygen atoms in total. The SMILES string of the molecule is CCCCC/C=C\C/C=C\C/C=C\C(CCCCCCCC(=O)NC(CCCN)C(=O)O)OC(=O)CCCCCCCCCCCCC. The molecule has 1 amide bonds. The number of hydrogen-bond acceptors (Lipinski definition) is 5. The van der Waals surface area contributed by atoms with E-state index in [1.807, 2.05) is 0 Å². The summed E-state index contributed by atoms with van der Waals surface area (Å²) in [6.07, 6.45) is 40.5. The van der Waals surface area contributed by atoms with Gasteiger partial charge in [-0.2, -0.15) is 0 Å². The molecule has 0 aliphatic carbocycles. The molecule has 4 N–H and O–H groups in total. The van der Waals surface area contributed by atoms with Gasteiger partial charge < -0.3 is 20.9 Å². The van der Waals surface area contributed by atoms with E-state index in [4.69, 9.17) is 10.5 Å². The maximum atomic E-state index is 12.7. The van der Waals surface area contributed by atoms with E-state index in [-0.39, 0.29) is 18.0 Å². The van der Waals surface area contributed by atoms with Crippen molar-refractivity contribution in [3.05, 3.63) is 36.5 Å². The van der Waals surface area contributed by atoms with Crippen LogP contribution in [0.3, 0.4) is 0 Å². The number of aliphatic carboxylic acids is 1. The quantitative estimate of drug-likeness (QED) is 0.0350. The molecular formula is C41H74N2O5. The predicted octanol–water partition coefficient (Wildman–Crippen LogP) is 10.7. The molecule has 0 aromatic rings. The number of nitrogens with two attached hydrogens (primary N) is 1. The molecule has 7 heteroatoms. The van der Waals surface area contributed by atoms with Gasteiger partial charge >= 0.3 is 11.9 Å². The number of esters is 1. The van der Waals surface area contributed by atoms with Gasteiger partial charge in [-0.25, -0.2) is 4.79 Å². The van der Waals surface area contributed by atoms with Crippen molar-refractivity contribution in [2.24, 2.45) is 5.73 Å². The highest BCUT2D eigenvalue weighted by atomic mass is 16.5. The third-order valence-electron chi connectivity index (χ3n) is 8.69. The Kier molecular flexibility index (Phi) is 34.1. The largest absolute Gasteiger partial charge is 0.480 e. The van der Waals surface area contributed by atoms with Gasteiger partial charge in [-0.05, 0) is 76.8 Å². The summed E-state index contributed by atoms with van der Waals surface area (Å²) in [6, 6.07) is -0.865. The van der Waals surface area contributed by atoms with Crippen molar-refractivity contribution in [3.63, 3.8) is 0 Å². The third-order valence-corrected chi connectivity index (χ3v) is 8.69. The molecule has 0 spiro atoms. The smallest absolute Gasteiger partial charge is 0.326 e. The van der Waals surface area contributed by atoms with Gasteiger partial charge in [0.1, 0.15) is 12.1 Å². The first kappa shape index (κ1) is 45.6. The number of rotatable bonds is 35. The second-order valence-electron chi connectivity index (χ2n) is 13.3. The zero-order chi connectivity index (χ0) is 35.3. The Morgan fingerprint density at radius 2 is 1.15 bits per heavy atom. The first-order valence-electron chi connectivity index (χ1n) is 19.8. The summed E-state index contributed by atoms with van der Waals surface area (Å²) in [4.78, 5) is 36.2. The minimum absolute atomic E-state index is 0.0959. The Morgan fingerprint density at radius 1 is 0.625 bits per heavy atom. The first-order valence-corrected chi connectivity index (χ1v) is 19.8. The van der Waals surface area contributed by atoms with E-state index in [1.54, 1.807) is 0 Å². The molecule has 2 unspecified atom stereocenters. The lowest BCUT2D eigenvalue weighted by atomic mass is 10.0. The van der Waals surface area contributed by atoms with Gasteiger partial charge in [0, 0.05) is 12.8 Å². The average molecular weight is 675 g/mol. The van der Waals surface area contributed by atoms with E-state index >= 15 is 0 Å². The van der Waals surface area contributed by atoms with Crippen molar-refractivity contribution in [3.8, 4) is 0 Å². The fraction of sp³-hybridized carbons (Fsp3) is 0.780. The number of carboxylic acids is 1. The fourth-order valence-corrected chi connectivity index (χ4v) is 5.67. The molecule has 0 aromatic carbocycles. The van der Waals surface area contributed by atoms with Crippen molar-refractivity contribution < 1.29 is 24.2 Å². The predicted molar refractivity (Wildman–Crippen MR) is 202 cm³/mol. The molecule has 0 saturated heterocycles. The number of allylic oxidation sites excluding steroid dienone is 5. The van der Waals surface area contributed by atoms with Crippen molar-refractivity contribution in [2.75, 3.05) is 6.54 Å². The van der Waals surface area contributed by atoms with Crippen LogP contribution < -0.4 is 11.1 Å². The molecule has 0 aliphatic heterocycles. The lowest BCUT2D eigenvalue weighted by Crippen LogP contribution is -2.40. The number of nitrogens with one attached hydrogen (secondary N) is 1. The zero-order valence-electron chi connectivity index (χ0n) is 31.1. The summed E-state index contributed by atoms with van der Waals surface area (Å²) >= 11 is 0. The van der Waals surface area contributed by atoms with Crippen LogP contribution in [0.15, 0.2) is 36.5 Å². The molecule has 0 aromatic heterocycles. The Labute approximate surface area is 295 Å². The van der Waals surface area contributed by atoms with Crippen LogP contribution in [0.5, 0.6) is 0 Å². The number of carbonyl (C=O) groups is 3. The summed E-state index contributed by atoms with van der Waals surface area (Å²) in [5.74, 6) is -1.32. The highest BCUT2D eigenvalue weighted by Crippen LogP contribution is 2.15. The van der Waals surface area contributed by atoms with E-state index in [1.165, 1.54) is 77.0 Å². The molecule has 0 heterocycles. The van der Waals surface area contributed by atoms with Crippen molar-refractivity contribution in [1.29, 1.82) is 0 Å². The fourth-order valence-electron chi connectivity index (χ4n) is 5.67. The van der Waals surface area contributed by atoms with Gasteiger partial charge in [0.2, 0.25) is 5.91 Å². The Morgan fingerprint density at radius 3 is 1.75 bits per heavy atom. The van der Waals surface area contributed by atoms with Crippen molar-refractivity contribution in [1.82, 2.24) is 5.32 Å². The van der Waals surface area contributed by atoms with E-state index in [0.717, 1.165) is 70.6 Å². The van der Waals surface area contributed by atoms with Crippen LogP contribution in [0.4, 0.5) is 0 Å². The first-order chi connectivity index (χ1) is 23.4. The second-order valence-corrected chi connectivity index (χ2v) is 13.3. The molecule has 48 heavy (non-hydrogen) atoms. The lowest BCUT2D eigenvalue weighted by Gasteiger charge is -2.15. The van der Waals surface area contributed by atoms with E-state index < -0.39 is 12.0 Å². The van der Waals surface area contributed by atoms with Crippen LogP contribution in [0.25, 0.3) is 0 Å². The summed E-state index contributed by atoms with van der Waals surface area (Å²) in [5.41, 5.74) is 5.47. The maximum Gasteiger partial charge on any atom is 0.326 e. The van der Waals surface area contributed by atoms with Gasteiger partial charge in [0.15, 0.2) is 0 Å². The summed E-state index contributed by atoms with van der Waals surface area (Å²) in [5, 5.41) is 11.9. The highest BCUT2D eigenvalue weighted by molar-refractivity contribution is 5.83. The molecule has 2 atom stereocenters. The molecule has 0 rings (SSSR count). The van der Waals surface area contributed by atoms with E-state index in [0.29, 0.717) is 32.2 Å².